The Balaban J connectivity index is 1.25. The molecule has 1 heterocycles. The minimum Gasteiger partial charge on any atom is -0.497 e. The third kappa shape index (κ3) is 9.96. The van der Waals surface area contributed by atoms with Crippen molar-refractivity contribution in [1.29, 1.82) is 0 Å². The van der Waals surface area contributed by atoms with Crippen LogP contribution in [0.3, 0.4) is 0 Å². The maximum Gasteiger partial charge on any atom is 0.341 e. The van der Waals surface area contributed by atoms with Crippen molar-refractivity contribution < 1.29 is 28.7 Å². The van der Waals surface area contributed by atoms with Crippen molar-refractivity contribution in [2.45, 2.75) is 17.1 Å². The highest BCUT2D eigenvalue weighted by atomic mass is 32.2. The van der Waals surface area contributed by atoms with Gasteiger partial charge in [-0.1, -0.05) is 97.1 Å². The second kappa shape index (κ2) is 18.6. The van der Waals surface area contributed by atoms with Crippen LogP contribution in [0.1, 0.15) is 44.0 Å². The largest absolute Gasteiger partial charge is 0.497 e. The van der Waals surface area contributed by atoms with Crippen LogP contribution in [0, 0.1) is 0 Å². The number of thioether (sulfide) groups is 1. The third-order valence-electron chi connectivity index (χ3n) is 8.23. The van der Waals surface area contributed by atoms with E-state index >= 15 is 0 Å². The molecule has 1 atom stereocenters. The van der Waals surface area contributed by atoms with Crippen LogP contribution < -0.4 is 20.7 Å². The minimum absolute atomic E-state index is 0.0295. The van der Waals surface area contributed by atoms with Gasteiger partial charge in [0.15, 0.2) is 0 Å². The third-order valence-corrected chi connectivity index (χ3v) is 10.4. The van der Waals surface area contributed by atoms with E-state index in [1.54, 1.807) is 92.9 Å². The second-order valence-corrected chi connectivity index (χ2v) is 14.0. The molecule has 5 aromatic carbocycles. The molecule has 0 bridgehead atoms. The Hall–Kier alpha value is -6.43. The van der Waals surface area contributed by atoms with E-state index in [4.69, 9.17) is 9.47 Å². The fourth-order valence-corrected chi connectivity index (χ4v) is 7.60. The van der Waals surface area contributed by atoms with Crippen molar-refractivity contribution in [3.63, 3.8) is 0 Å². The van der Waals surface area contributed by atoms with Gasteiger partial charge in [0.05, 0.1) is 13.7 Å². The molecule has 1 unspecified atom stereocenters. The first kappa shape index (κ1) is 38.3. The average molecular weight is 768 g/mol. The predicted octanol–water partition coefficient (Wildman–Crippen LogP) is 9.48. The van der Waals surface area contributed by atoms with Gasteiger partial charge in [-0.25, -0.2) is 4.79 Å². The van der Waals surface area contributed by atoms with Gasteiger partial charge in [0.1, 0.15) is 27.3 Å². The van der Waals surface area contributed by atoms with Gasteiger partial charge in [-0.05, 0) is 72.2 Å². The summed E-state index contributed by atoms with van der Waals surface area (Å²) in [5.41, 5.74) is 4.09. The number of benzene rings is 5. The molecular formula is C44H37N3O6S2. The zero-order chi connectivity index (χ0) is 38.6. The monoisotopic (exact) mass is 767 g/mol. The number of carbonyl (C=O) groups excluding carboxylic acids is 4. The molecule has 0 radical (unpaired) electrons. The summed E-state index contributed by atoms with van der Waals surface area (Å²) in [6.07, 6.45) is 1.59. The van der Waals surface area contributed by atoms with Crippen molar-refractivity contribution in [2.75, 3.05) is 24.4 Å². The molecule has 0 saturated heterocycles. The summed E-state index contributed by atoms with van der Waals surface area (Å²) < 4.78 is 10.7. The fourth-order valence-electron chi connectivity index (χ4n) is 5.56. The average Bonchev–Trinajstić information content (AvgIpc) is 3.64. The van der Waals surface area contributed by atoms with Gasteiger partial charge < -0.3 is 25.4 Å². The Bertz CT molecular complexity index is 2290. The Morgan fingerprint density at radius 1 is 0.782 bits per heavy atom. The first-order valence-electron chi connectivity index (χ1n) is 17.3. The van der Waals surface area contributed by atoms with E-state index < -0.39 is 23.0 Å². The standard InChI is InChI=1S/C44H37N3O6S2/c1-3-53-44(51)38-36(30-14-7-4-8-15-30)28-54-43(38)47-42(50)39(31-16-9-5-10-17-31)55-35-21-13-20-33(27-35)45-41(49)37(26-29-22-24-34(52-2)25-23-29)46-40(48)32-18-11-6-12-19-32/h4-28,39H,3H2,1-2H3,(H,45,49)(H,46,48)(H,47,50)/b37-26+. The summed E-state index contributed by atoms with van der Waals surface area (Å²) in [5, 5.41) is 10.2. The van der Waals surface area contributed by atoms with E-state index in [0.717, 1.165) is 11.1 Å². The quantitative estimate of drug-likeness (QED) is 0.0574. The molecule has 55 heavy (non-hydrogen) atoms. The van der Waals surface area contributed by atoms with Crippen LogP contribution in [-0.2, 0) is 14.3 Å². The van der Waals surface area contributed by atoms with Crippen LogP contribution in [0.5, 0.6) is 5.75 Å². The number of amides is 3. The molecule has 0 aliphatic rings. The number of methoxy groups -OCH3 is 1. The van der Waals surface area contributed by atoms with Crippen molar-refractivity contribution in [3.8, 4) is 16.9 Å². The van der Waals surface area contributed by atoms with Crippen LogP contribution in [0.4, 0.5) is 10.7 Å². The lowest BCUT2D eigenvalue weighted by Crippen LogP contribution is -2.30. The molecule has 1 aromatic heterocycles. The van der Waals surface area contributed by atoms with E-state index in [-0.39, 0.29) is 18.2 Å². The topological polar surface area (TPSA) is 123 Å². The summed E-state index contributed by atoms with van der Waals surface area (Å²) >= 11 is 2.55. The summed E-state index contributed by atoms with van der Waals surface area (Å²) in [6, 6.07) is 41.6. The smallest absolute Gasteiger partial charge is 0.341 e. The molecule has 0 aliphatic heterocycles. The minimum atomic E-state index is -0.736. The molecular weight excluding hydrogens is 731 g/mol. The van der Waals surface area contributed by atoms with Gasteiger partial charge in [-0.2, -0.15) is 0 Å². The van der Waals surface area contributed by atoms with Crippen LogP contribution >= 0.6 is 23.1 Å². The van der Waals surface area contributed by atoms with E-state index in [0.29, 0.717) is 43.6 Å². The molecule has 6 aromatic rings. The highest BCUT2D eigenvalue weighted by molar-refractivity contribution is 8.00. The van der Waals surface area contributed by atoms with Crippen molar-refractivity contribution in [3.05, 3.63) is 173 Å². The number of nitrogens with one attached hydrogen (secondary N) is 3. The number of hydrogen-bond acceptors (Lipinski definition) is 8. The summed E-state index contributed by atoms with van der Waals surface area (Å²) in [5.74, 6) is -1.20. The Morgan fingerprint density at radius 3 is 2.13 bits per heavy atom. The molecule has 276 valence electrons. The first-order valence-corrected chi connectivity index (χ1v) is 19.1. The van der Waals surface area contributed by atoms with Crippen molar-refractivity contribution >= 4 is 63.6 Å². The molecule has 6 rings (SSSR count). The van der Waals surface area contributed by atoms with Crippen molar-refractivity contribution in [1.82, 2.24) is 5.32 Å². The first-order chi connectivity index (χ1) is 26.8. The number of carbonyl (C=O) groups is 4. The Morgan fingerprint density at radius 2 is 1.45 bits per heavy atom. The maximum atomic E-state index is 14.2. The predicted molar refractivity (Wildman–Crippen MR) is 219 cm³/mol. The van der Waals surface area contributed by atoms with Crippen LogP contribution in [0.15, 0.2) is 155 Å². The van der Waals surface area contributed by atoms with Gasteiger partial charge in [0, 0.05) is 27.1 Å². The number of rotatable bonds is 14. The Kier molecular flexibility index (Phi) is 12.9. The normalized spacial score (nSPS) is 11.6. The van der Waals surface area contributed by atoms with Gasteiger partial charge in [0.25, 0.3) is 11.8 Å². The lowest BCUT2D eigenvalue weighted by Gasteiger charge is -2.18. The molecule has 11 heteroatoms. The number of thiophene rings is 1. The van der Waals surface area contributed by atoms with Gasteiger partial charge >= 0.3 is 5.97 Å². The highest BCUT2D eigenvalue weighted by Crippen LogP contribution is 2.40. The molecule has 0 saturated carbocycles. The van der Waals surface area contributed by atoms with E-state index in [2.05, 4.69) is 16.0 Å². The van der Waals surface area contributed by atoms with Gasteiger partial charge in [-0.15, -0.1) is 23.1 Å². The van der Waals surface area contributed by atoms with Crippen LogP contribution in [0.25, 0.3) is 17.2 Å². The lowest BCUT2D eigenvalue weighted by molar-refractivity contribution is -0.116. The zero-order valence-corrected chi connectivity index (χ0v) is 31.6. The lowest BCUT2D eigenvalue weighted by atomic mass is 10.0. The highest BCUT2D eigenvalue weighted by Gasteiger charge is 2.27. The second-order valence-electron chi connectivity index (χ2n) is 12.0. The SMILES string of the molecule is CCOC(=O)c1c(-c2ccccc2)csc1NC(=O)C(Sc1cccc(NC(=O)/C(=C\c2ccc(OC)cc2)NC(=O)c2ccccc2)c1)c1ccccc1. The van der Waals surface area contributed by atoms with Crippen molar-refractivity contribution in [2.24, 2.45) is 0 Å². The van der Waals surface area contributed by atoms with Crippen LogP contribution in [0.2, 0.25) is 0 Å². The zero-order valence-electron chi connectivity index (χ0n) is 30.0. The summed E-state index contributed by atoms with van der Waals surface area (Å²) in [6.45, 7) is 1.92. The van der Waals surface area contributed by atoms with E-state index in [1.165, 1.54) is 23.1 Å². The molecule has 0 fully saturated rings. The van der Waals surface area contributed by atoms with E-state index in [9.17, 15) is 19.2 Å². The van der Waals surface area contributed by atoms with Crippen LogP contribution in [-0.4, -0.2) is 37.4 Å². The van der Waals surface area contributed by atoms with E-state index in [1.807, 2.05) is 72.1 Å². The molecule has 3 amide bonds. The molecule has 0 spiro atoms. The maximum absolute atomic E-state index is 14.2. The Labute approximate surface area is 327 Å². The number of hydrogen-bond donors (Lipinski definition) is 3. The number of anilines is 2. The number of esters is 1. The summed E-state index contributed by atoms with van der Waals surface area (Å²) in [7, 11) is 1.57. The molecule has 0 aliphatic carbocycles. The molecule has 3 N–H and O–H groups in total. The van der Waals surface area contributed by atoms with Gasteiger partial charge in [0.2, 0.25) is 5.91 Å². The molecule has 9 nitrogen and oxygen atoms in total. The van der Waals surface area contributed by atoms with Gasteiger partial charge in [-0.3, -0.25) is 14.4 Å². The number of ether oxygens (including phenoxy) is 2. The summed E-state index contributed by atoms with van der Waals surface area (Å²) in [4.78, 5) is 55.0. The fraction of sp³-hybridized carbons (Fsp3) is 0.0909.